The van der Waals surface area contributed by atoms with Crippen LogP contribution in [0.3, 0.4) is 0 Å². The van der Waals surface area contributed by atoms with Gasteiger partial charge in [-0.25, -0.2) is 19.3 Å². The Balaban J connectivity index is 1.56. The van der Waals surface area contributed by atoms with Crippen LogP contribution >= 0.6 is 11.3 Å². The minimum Gasteiger partial charge on any atom is -0.463 e. The molecule has 1 aliphatic heterocycles. The van der Waals surface area contributed by atoms with Gasteiger partial charge in [-0.15, -0.1) is 11.3 Å². The Labute approximate surface area is 162 Å². The van der Waals surface area contributed by atoms with Crippen LogP contribution in [-0.4, -0.2) is 70.4 Å². The normalized spacial score (nSPS) is 19.0. The Kier molecular flexibility index (Phi) is 6.81. The zero-order chi connectivity index (χ0) is 19.2. The maximum absolute atomic E-state index is 12.9. The smallest absolute Gasteiger partial charge is 0.316 e. The van der Waals surface area contributed by atoms with Gasteiger partial charge < -0.3 is 9.64 Å². The minimum atomic E-state index is -0.476. The average Bonchev–Trinajstić information content (AvgIpc) is 2.96. The molecule has 1 atom stereocenters. The summed E-state index contributed by atoms with van der Waals surface area (Å²) in [6.45, 7) is 6.60. The van der Waals surface area contributed by atoms with Gasteiger partial charge in [-0.2, -0.15) is 0 Å². The lowest BCUT2D eigenvalue weighted by atomic mass is 10.1. The zero-order valence-corrected chi connectivity index (χ0v) is 16.4. The van der Waals surface area contributed by atoms with Gasteiger partial charge in [-0.3, -0.25) is 9.69 Å². The summed E-state index contributed by atoms with van der Waals surface area (Å²) in [4.78, 5) is 29.1. The molecule has 0 spiro atoms. The second-order valence-corrected chi connectivity index (χ2v) is 8.16. The lowest BCUT2D eigenvalue weighted by Gasteiger charge is -2.23. The highest BCUT2D eigenvalue weighted by Crippen LogP contribution is 2.18. The Morgan fingerprint density at radius 3 is 2.78 bits per heavy atom. The van der Waals surface area contributed by atoms with Crippen LogP contribution in [0.4, 0.5) is 4.39 Å². The average molecular weight is 393 g/mol. The number of hydrogen-bond acceptors (Lipinski definition) is 8. The third-order valence-electron chi connectivity index (χ3n) is 4.31. The maximum atomic E-state index is 12.9. The zero-order valence-electron chi connectivity index (χ0n) is 15.6. The SMILES string of the molecule is CC(=O)Cc1ncc(CN2CCN(C)CC(COc3ncc(F)cn3)C2)s1. The molecule has 1 aliphatic rings. The fourth-order valence-electron chi connectivity index (χ4n) is 3.11. The van der Waals surface area contributed by atoms with E-state index in [9.17, 15) is 9.18 Å². The number of halogens is 1. The van der Waals surface area contributed by atoms with E-state index in [0.29, 0.717) is 13.0 Å². The molecule has 0 aliphatic carbocycles. The number of carbonyl (C=O) groups is 1. The number of likely N-dealkylation sites (N-methyl/N-ethyl adjacent to an activating group) is 1. The molecule has 3 heterocycles. The fourth-order valence-corrected chi connectivity index (χ4v) is 4.15. The molecule has 1 fully saturated rings. The first-order valence-corrected chi connectivity index (χ1v) is 9.74. The van der Waals surface area contributed by atoms with Crippen molar-refractivity contribution in [1.82, 2.24) is 24.8 Å². The van der Waals surface area contributed by atoms with Gasteiger partial charge in [0.25, 0.3) is 0 Å². The molecule has 1 unspecified atom stereocenters. The monoisotopic (exact) mass is 393 g/mol. The summed E-state index contributed by atoms with van der Waals surface area (Å²) < 4.78 is 18.6. The van der Waals surface area contributed by atoms with Crippen molar-refractivity contribution in [3.05, 3.63) is 34.3 Å². The number of nitrogens with zero attached hydrogens (tertiary/aromatic N) is 5. The summed E-state index contributed by atoms with van der Waals surface area (Å²) in [6, 6.07) is 0.200. The van der Waals surface area contributed by atoms with Crippen molar-refractivity contribution >= 4 is 17.1 Å². The molecule has 146 valence electrons. The molecule has 0 saturated carbocycles. The molecule has 3 rings (SSSR count). The molecule has 0 radical (unpaired) electrons. The topological polar surface area (TPSA) is 71.5 Å². The van der Waals surface area contributed by atoms with Crippen LogP contribution in [0.15, 0.2) is 18.6 Å². The summed E-state index contributed by atoms with van der Waals surface area (Å²) >= 11 is 1.60. The van der Waals surface area contributed by atoms with Crippen LogP contribution in [0.25, 0.3) is 0 Å². The van der Waals surface area contributed by atoms with E-state index in [1.807, 2.05) is 6.20 Å². The first kappa shape index (κ1) is 19.8. The molecule has 0 amide bonds. The van der Waals surface area contributed by atoms with E-state index in [1.165, 1.54) is 0 Å². The van der Waals surface area contributed by atoms with Crippen LogP contribution in [0, 0.1) is 11.7 Å². The summed E-state index contributed by atoms with van der Waals surface area (Å²) in [5.74, 6) is -0.0558. The van der Waals surface area contributed by atoms with Gasteiger partial charge in [0.1, 0.15) is 10.8 Å². The van der Waals surface area contributed by atoms with Crippen molar-refractivity contribution in [2.45, 2.75) is 19.9 Å². The molecule has 2 aromatic rings. The molecular formula is C18H24FN5O2S. The van der Waals surface area contributed by atoms with E-state index in [0.717, 1.165) is 55.0 Å². The third kappa shape index (κ3) is 6.30. The van der Waals surface area contributed by atoms with Crippen molar-refractivity contribution in [2.24, 2.45) is 5.92 Å². The quantitative estimate of drug-likeness (QED) is 0.708. The van der Waals surface area contributed by atoms with Crippen LogP contribution in [0.5, 0.6) is 6.01 Å². The largest absolute Gasteiger partial charge is 0.463 e. The highest BCUT2D eigenvalue weighted by atomic mass is 32.1. The van der Waals surface area contributed by atoms with Gasteiger partial charge >= 0.3 is 6.01 Å². The van der Waals surface area contributed by atoms with Gasteiger partial charge in [-0.1, -0.05) is 0 Å². The molecule has 27 heavy (non-hydrogen) atoms. The first-order chi connectivity index (χ1) is 13.0. The lowest BCUT2D eigenvalue weighted by molar-refractivity contribution is -0.116. The molecule has 0 bridgehead atoms. The Morgan fingerprint density at radius 1 is 1.26 bits per heavy atom. The number of rotatable bonds is 7. The van der Waals surface area contributed by atoms with E-state index >= 15 is 0 Å². The van der Waals surface area contributed by atoms with E-state index in [1.54, 1.807) is 18.3 Å². The Bertz CT molecular complexity index is 754. The number of Topliss-reactive ketones (excluding diaryl/α,β-unsaturated/α-hetero) is 1. The number of carbonyl (C=O) groups excluding carboxylic acids is 1. The lowest BCUT2D eigenvalue weighted by Crippen LogP contribution is -2.32. The first-order valence-electron chi connectivity index (χ1n) is 8.92. The molecule has 1 saturated heterocycles. The number of ketones is 1. The van der Waals surface area contributed by atoms with Gasteiger partial charge in [0.2, 0.25) is 0 Å². The molecule has 9 heteroatoms. The molecule has 2 aromatic heterocycles. The second-order valence-electron chi connectivity index (χ2n) is 6.96. The summed E-state index contributed by atoms with van der Waals surface area (Å²) in [6.07, 6.45) is 4.49. The van der Waals surface area contributed by atoms with Crippen LogP contribution < -0.4 is 4.74 Å². The highest BCUT2D eigenvalue weighted by molar-refractivity contribution is 7.11. The molecule has 0 N–H and O–H groups in total. The molecule has 0 aromatic carbocycles. The van der Waals surface area contributed by atoms with Crippen LogP contribution in [0.2, 0.25) is 0 Å². The van der Waals surface area contributed by atoms with E-state index < -0.39 is 5.82 Å². The predicted octanol–water partition coefficient (Wildman–Crippen LogP) is 1.65. The van der Waals surface area contributed by atoms with Gasteiger partial charge in [0, 0.05) is 49.7 Å². The number of ether oxygens (including phenoxy) is 1. The van der Waals surface area contributed by atoms with E-state index in [4.69, 9.17) is 4.74 Å². The van der Waals surface area contributed by atoms with Crippen molar-refractivity contribution in [1.29, 1.82) is 0 Å². The van der Waals surface area contributed by atoms with Gasteiger partial charge in [0.15, 0.2) is 5.82 Å². The van der Waals surface area contributed by atoms with E-state index in [2.05, 4.69) is 31.8 Å². The summed E-state index contributed by atoms with van der Waals surface area (Å²) in [5.41, 5.74) is 0. The van der Waals surface area contributed by atoms with E-state index in [-0.39, 0.29) is 17.7 Å². The molecular weight excluding hydrogens is 369 g/mol. The number of aromatic nitrogens is 3. The van der Waals surface area contributed by atoms with Crippen LogP contribution in [-0.2, 0) is 17.8 Å². The summed E-state index contributed by atoms with van der Waals surface area (Å²) in [5, 5.41) is 0.873. The maximum Gasteiger partial charge on any atom is 0.316 e. The van der Waals surface area contributed by atoms with Crippen molar-refractivity contribution in [3.63, 3.8) is 0 Å². The Hall–Kier alpha value is -1.97. The number of hydrogen-bond donors (Lipinski definition) is 0. The van der Waals surface area contributed by atoms with Crippen molar-refractivity contribution in [2.75, 3.05) is 39.8 Å². The number of thiazole rings is 1. The predicted molar refractivity (Wildman–Crippen MR) is 100 cm³/mol. The third-order valence-corrected chi connectivity index (χ3v) is 5.29. The highest BCUT2D eigenvalue weighted by Gasteiger charge is 2.22. The van der Waals surface area contributed by atoms with Crippen molar-refractivity contribution in [3.8, 4) is 6.01 Å². The minimum absolute atomic E-state index is 0.132. The van der Waals surface area contributed by atoms with Crippen molar-refractivity contribution < 1.29 is 13.9 Å². The van der Waals surface area contributed by atoms with Gasteiger partial charge in [0.05, 0.1) is 25.4 Å². The standard InChI is InChI=1S/C18H24FN5O2S/c1-13(25)5-17-20-8-16(27-17)11-24-4-3-23(2)9-14(10-24)12-26-18-21-6-15(19)7-22-18/h6-8,14H,3-5,9-12H2,1-2H3. The Morgan fingerprint density at radius 2 is 2.04 bits per heavy atom. The van der Waals surface area contributed by atoms with Gasteiger partial charge in [-0.05, 0) is 14.0 Å². The fraction of sp³-hybridized carbons (Fsp3) is 0.556. The van der Waals surface area contributed by atoms with Crippen LogP contribution in [0.1, 0.15) is 16.8 Å². The molecule has 7 nitrogen and oxygen atoms in total. The second kappa shape index (κ2) is 9.29. The summed E-state index contributed by atoms with van der Waals surface area (Å²) in [7, 11) is 2.10.